The predicted molar refractivity (Wildman–Crippen MR) is 57.0 cm³/mol. The second-order valence-electron chi connectivity index (χ2n) is 3.21. The molecule has 0 aliphatic carbocycles. The van der Waals surface area contributed by atoms with E-state index in [1.54, 1.807) is 12.1 Å². The van der Waals surface area contributed by atoms with E-state index in [4.69, 9.17) is 10.9 Å². The number of amides is 1. The first kappa shape index (κ1) is 10.2. The number of nitrogen functional groups attached to an aromatic ring is 1. The molecule has 2 rings (SSSR count). The van der Waals surface area contributed by atoms with Crippen LogP contribution in [0.3, 0.4) is 0 Å². The zero-order chi connectivity index (χ0) is 11.7. The number of aromatic carboxylic acids is 1. The van der Waals surface area contributed by atoms with E-state index in [-0.39, 0.29) is 5.56 Å². The van der Waals surface area contributed by atoms with Crippen molar-refractivity contribution < 1.29 is 14.7 Å². The molecule has 6 nitrogen and oxygen atoms in total. The first-order valence-corrected chi connectivity index (χ1v) is 4.49. The minimum Gasteiger partial charge on any atom is -0.478 e. The Labute approximate surface area is 90.2 Å². The average Bonchev–Trinajstić information content (AvgIpc) is 2.70. The van der Waals surface area contributed by atoms with Gasteiger partial charge in [0.1, 0.15) is 0 Å². The summed E-state index contributed by atoms with van der Waals surface area (Å²) >= 11 is 0. The maximum atomic E-state index is 11.3. The number of carbonyl (C=O) groups is 2. The molecule has 0 spiro atoms. The summed E-state index contributed by atoms with van der Waals surface area (Å²) in [5.41, 5.74) is 2.61. The Morgan fingerprint density at radius 1 is 1.31 bits per heavy atom. The molecule has 0 radical (unpaired) electrons. The molecule has 4 N–H and O–H groups in total. The highest BCUT2D eigenvalue weighted by molar-refractivity contribution is 5.97. The number of hydrogen-bond donors (Lipinski definition) is 3. The molecular formula is C10H9N3O3. The van der Waals surface area contributed by atoms with E-state index in [1.165, 1.54) is 22.9 Å². The third kappa shape index (κ3) is 1.51. The van der Waals surface area contributed by atoms with Crippen LogP contribution in [0.2, 0.25) is 0 Å². The van der Waals surface area contributed by atoms with Gasteiger partial charge in [-0.25, -0.2) is 15.4 Å². The van der Waals surface area contributed by atoms with Crippen molar-refractivity contribution in [2.24, 2.45) is 5.84 Å². The molecule has 6 heteroatoms. The number of carboxylic acids is 1. The molecule has 1 heterocycles. The number of hydrazine groups is 1. The fraction of sp³-hybridized carbons (Fsp3) is 0. The minimum absolute atomic E-state index is 0.122. The largest absolute Gasteiger partial charge is 0.478 e. The van der Waals surface area contributed by atoms with Crippen LogP contribution in [0, 0.1) is 0 Å². The molecule has 1 aromatic carbocycles. The number of carbonyl (C=O) groups excluding carboxylic acids is 1. The maximum absolute atomic E-state index is 11.3. The Morgan fingerprint density at radius 3 is 2.69 bits per heavy atom. The van der Waals surface area contributed by atoms with Crippen molar-refractivity contribution >= 4 is 22.9 Å². The summed E-state index contributed by atoms with van der Waals surface area (Å²) in [5, 5.41) is 9.61. The van der Waals surface area contributed by atoms with Gasteiger partial charge in [0.15, 0.2) is 0 Å². The molecule has 0 fully saturated rings. The van der Waals surface area contributed by atoms with Crippen molar-refractivity contribution in [1.29, 1.82) is 0 Å². The molecule has 0 unspecified atom stereocenters. The summed E-state index contributed by atoms with van der Waals surface area (Å²) < 4.78 is 1.25. The Hall–Kier alpha value is -2.34. The Kier molecular flexibility index (Phi) is 2.34. The maximum Gasteiger partial charge on any atom is 0.340 e. The zero-order valence-corrected chi connectivity index (χ0v) is 8.18. The standard InChI is InChI=1S/C10H9N3O3/c11-12-10(16)13-4-3-6-1-2-7(9(14)15)5-8(6)13/h1-5H,11H2,(H,12,16)(H,14,15). The van der Waals surface area contributed by atoms with Crippen LogP contribution >= 0.6 is 0 Å². The molecule has 0 saturated heterocycles. The third-order valence-corrected chi connectivity index (χ3v) is 2.28. The average molecular weight is 219 g/mol. The van der Waals surface area contributed by atoms with Gasteiger partial charge in [0, 0.05) is 11.6 Å². The van der Waals surface area contributed by atoms with E-state index >= 15 is 0 Å². The summed E-state index contributed by atoms with van der Waals surface area (Å²) in [6.45, 7) is 0. The smallest absolute Gasteiger partial charge is 0.340 e. The normalized spacial score (nSPS) is 10.3. The van der Waals surface area contributed by atoms with Crippen LogP contribution in [0.4, 0.5) is 4.79 Å². The molecule has 1 aromatic heterocycles. The van der Waals surface area contributed by atoms with Crippen molar-refractivity contribution in [2.75, 3.05) is 0 Å². The van der Waals surface area contributed by atoms with Crippen LogP contribution in [0.1, 0.15) is 10.4 Å². The van der Waals surface area contributed by atoms with Crippen molar-refractivity contribution in [3.63, 3.8) is 0 Å². The SMILES string of the molecule is NNC(=O)n1ccc2ccc(C(=O)O)cc21. The van der Waals surface area contributed by atoms with Crippen LogP contribution in [0.5, 0.6) is 0 Å². The number of rotatable bonds is 1. The highest BCUT2D eigenvalue weighted by Gasteiger charge is 2.10. The van der Waals surface area contributed by atoms with Crippen LogP contribution in [-0.4, -0.2) is 21.7 Å². The van der Waals surface area contributed by atoms with Gasteiger partial charge >= 0.3 is 12.0 Å². The first-order chi connectivity index (χ1) is 7.63. The molecule has 0 saturated carbocycles. The van der Waals surface area contributed by atoms with Crippen molar-refractivity contribution in [3.05, 3.63) is 36.0 Å². The minimum atomic E-state index is -1.04. The molecule has 0 aliphatic rings. The number of hydrogen-bond acceptors (Lipinski definition) is 3. The highest BCUT2D eigenvalue weighted by atomic mass is 16.4. The van der Waals surface area contributed by atoms with Crippen LogP contribution in [-0.2, 0) is 0 Å². The molecule has 16 heavy (non-hydrogen) atoms. The fourth-order valence-electron chi connectivity index (χ4n) is 1.51. The van der Waals surface area contributed by atoms with Crippen molar-refractivity contribution in [1.82, 2.24) is 9.99 Å². The fourth-order valence-corrected chi connectivity index (χ4v) is 1.51. The summed E-state index contributed by atoms with van der Waals surface area (Å²) in [6, 6.07) is 5.73. The van der Waals surface area contributed by atoms with E-state index < -0.39 is 12.0 Å². The molecule has 2 aromatic rings. The van der Waals surface area contributed by atoms with E-state index in [0.717, 1.165) is 5.39 Å². The number of aromatic nitrogens is 1. The van der Waals surface area contributed by atoms with Gasteiger partial charge < -0.3 is 5.11 Å². The molecule has 1 amide bonds. The lowest BCUT2D eigenvalue weighted by atomic mass is 10.2. The highest BCUT2D eigenvalue weighted by Crippen LogP contribution is 2.17. The van der Waals surface area contributed by atoms with Gasteiger partial charge in [0.2, 0.25) is 0 Å². The first-order valence-electron chi connectivity index (χ1n) is 4.49. The lowest BCUT2D eigenvalue weighted by molar-refractivity contribution is 0.0697. The summed E-state index contributed by atoms with van der Waals surface area (Å²) in [7, 11) is 0. The molecule has 0 bridgehead atoms. The quantitative estimate of drug-likeness (QED) is 0.375. The Morgan fingerprint density at radius 2 is 2.06 bits per heavy atom. The van der Waals surface area contributed by atoms with Crippen LogP contribution in [0.25, 0.3) is 10.9 Å². The lowest BCUT2D eigenvalue weighted by Gasteiger charge is -2.02. The molecular weight excluding hydrogens is 210 g/mol. The number of carboxylic acid groups (broad SMARTS) is 1. The summed E-state index contributed by atoms with van der Waals surface area (Å²) in [5.74, 6) is 3.98. The third-order valence-electron chi connectivity index (χ3n) is 2.28. The van der Waals surface area contributed by atoms with Gasteiger partial charge in [0.25, 0.3) is 0 Å². The van der Waals surface area contributed by atoms with E-state index in [1.807, 2.05) is 5.43 Å². The van der Waals surface area contributed by atoms with Crippen LogP contribution < -0.4 is 11.3 Å². The van der Waals surface area contributed by atoms with Gasteiger partial charge in [-0.15, -0.1) is 0 Å². The summed E-state index contributed by atoms with van der Waals surface area (Å²) in [6.07, 6.45) is 1.53. The van der Waals surface area contributed by atoms with Crippen molar-refractivity contribution in [3.8, 4) is 0 Å². The van der Waals surface area contributed by atoms with Gasteiger partial charge in [-0.3, -0.25) is 9.99 Å². The second-order valence-corrected chi connectivity index (χ2v) is 3.21. The van der Waals surface area contributed by atoms with Gasteiger partial charge in [-0.1, -0.05) is 6.07 Å². The van der Waals surface area contributed by atoms with Gasteiger partial charge in [0.05, 0.1) is 11.1 Å². The van der Waals surface area contributed by atoms with Gasteiger partial charge in [-0.05, 0) is 18.2 Å². The second kappa shape index (κ2) is 3.67. The summed E-state index contributed by atoms with van der Waals surface area (Å²) in [4.78, 5) is 22.1. The molecule has 82 valence electrons. The lowest BCUT2D eigenvalue weighted by Crippen LogP contribution is -2.33. The Balaban J connectivity index is 2.64. The van der Waals surface area contributed by atoms with E-state index in [0.29, 0.717) is 5.52 Å². The number of fused-ring (bicyclic) bond motifs is 1. The van der Waals surface area contributed by atoms with Crippen molar-refractivity contribution in [2.45, 2.75) is 0 Å². The predicted octanol–water partition coefficient (Wildman–Crippen LogP) is 0.771. The number of benzene rings is 1. The van der Waals surface area contributed by atoms with Crippen LogP contribution in [0.15, 0.2) is 30.5 Å². The zero-order valence-electron chi connectivity index (χ0n) is 8.18. The monoisotopic (exact) mass is 219 g/mol. The van der Waals surface area contributed by atoms with Gasteiger partial charge in [-0.2, -0.15) is 0 Å². The number of nitrogens with one attached hydrogen (secondary N) is 1. The van der Waals surface area contributed by atoms with E-state index in [2.05, 4.69) is 0 Å². The molecule has 0 aliphatic heterocycles. The topological polar surface area (TPSA) is 97.4 Å². The number of nitrogens with zero attached hydrogens (tertiary/aromatic N) is 1. The number of nitrogens with two attached hydrogens (primary N) is 1. The molecule has 0 atom stereocenters. The Bertz CT molecular complexity index is 574. The van der Waals surface area contributed by atoms with E-state index in [9.17, 15) is 9.59 Å².